The van der Waals surface area contributed by atoms with E-state index in [-0.39, 0.29) is 6.10 Å². The molecule has 6 nitrogen and oxygen atoms in total. The highest BCUT2D eigenvalue weighted by atomic mass is 79.9. The van der Waals surface area contributed by atoms with Crippen LogP contribution in [0.25, 0.3) is 0 Å². The van der Waals surface area contributed by atoms with Crippen LogP contribution in [0.3, 0.4) is 0 Å². The smallest absolute Gasteiger partial charge is 0.239 e. The van der Waals surface area contributed by atoms with Gasteiger partial charge in [0.15, 0.2) is 0 Å². The summed E-state index contributed by atoms with van der Waals surface area (Å²) in [6.07, 6.45) is 4.20. The summed E-state index contributed by atoms with van der Waals surface area (Å²) in [5.41, 5.74) is 2.47. The first-order chi connectivity index (χ1) is 8.74. The van der Waals surface area contributed by atoms with Crippen LogP contribution in [0.5, 0.6) is 0 Å². The number of ether oxygens (including phenoxy) is 1. The Bertz CT molecular complexity index is 401. The summed E-state index contributed by atoms with van der Waals surface area (Å²) in [5, 5.41) is 0. The van der Waals surface area contributed by atoms with Crippen molar-refractivity contribution in [3.05, 3.63) is 10.7 Å². The Morgan fingerprint density at radius 3 is 3.22 bits per heavy atom. The largest absolute Gasteiger partial charge is 0.377 e. The number of piperidine rings is 1. The molecule has 1 aromatic heterocycles. The normalized spacial score (nSPS) is 19.9. The first-order valence-electron chi connectivity index (χ1n) is 6.10. The van der Waals surface area contributed by atoms with Crippen LogP contribution in [0, 0.1) is 0 Å². The summed E-state index contributed by atoms with van der Waals surface area (Å²) >= 11 is 3.48. The van der Waals surface area contributed by atoms with Crippen molar-refractivity contribution in [2.24, 2.45) is 5.84 Å². The maximum atomic E-state index is 5.69. The van der Waals surface area contributed by atoms with E-state index in [4.69, 9.17) is 10.6 Å². The van der Waals surface area contributed by atoms with Gasteiger partial charge in [-0.2, -0.15) is 4.98 Å². The van der Waals surface area contributed by atoms with E-state index in [0.717, 1.165) is 42.8 Å². The Balaban J connectivity index is 2.14. The fraction of sp³-hybridized carbons (Fsp3) is 0.636. The second kappa shape index (κ2) is 6.31. The lowest BCUT2D eigenvalue weighted by atomic mass is 10.1. The topological polar surface area (TPSA) is 76.3 Å². The molecular weight excluding hydrogens is 298 g/mol. The van der Waals surface area contributed by atoms with Gasteiger partial charge in [0.1, 0.15) is 5.82 Å². The minimum absolute atomic E-state index is 0.278. The molecule has 1 aromatic rings. The van der Waals surface area contributed by atoms with Crippen molar-refractivity contribution in [2.75, 3.05) is 30.0 Å². The number of nitrogens with one attached hydrogen (secondary N) is 1. The van der Waals surface area contributed by atoms with Gasteiger partial charge in [0.25, 0.3) is 0 Å². The molecule has 0 aromatic carbocycles. The molecule has 1 aliphatic rings. The summed E-state index contributed by atoms with van der Waals surface area (Å²) in [7, 11) is 0. The molecule has 1 saturated heterocycles. The zero-order valence-electron chi connectivity index (χ0n) is 10.4. The number of hydrogen-bond acceptors (Lipinski definition) is 6. The van der Waals surface area contributed by atoms with Gasteiger partial charge in [0.2, 0.25) is 5.95 Å². The van der Waals surface area contributed by atoms with Crippen LogP contribution < -0.4 is 16.2 Å². The molecule has 18 heavy (non-hydrogen) atoms. The Labute approximate surface area is 115 Å². The van der Waals surface area contributed by atoms with Crippen LogP contribution in [0.2, 0.25) is 0 Å². The molecule has 0 aliphatic carbocycles. The van der Waals surface area contributed by atoms with Crippen LogP contribution in [-0.2, 0) is 4.74 Å². The van der Waals surface area contributed by atoms with Crippen molar-refractivity contribution in [2.45, 2.75) is 25.9 Å². The average Bonchev–Trinajstić information content (AvgIpc) is 2.40. The predicted molar refractivity (Wildman–Crippen MR) is 74.4 cm³/mol. The summed E-state index contributed by atoms with van der Waals surface area (Å²) in [5.74, 6) is 6.63. The first kappa shape index (κ1) is 13.5. The number of aromatic nitrogens is 2. The Morgan fingerprint density at radius 1 is 1.67 bits per heavy atom. The third kappa shape index (κ3) is 3.09. The highest BCUT2D eigenvalue weighted by Crippen LogP contribution is 2.27. The number of nitrogen functional groups attached to an aromatic ring is 1. The SMILES string of the molecule is CCOC1CCCN(c2nc(NN)ncc2Br)C1. The number of halogens is 1. The average molecular weight is 316 g/mol. The van der Waals surface area contributed by atoms with Crippen molar-refractivity contribution in [3.63, 3.8) is 0 Å². The van der Waals surface area contributed by atoms with Crippen LogP contribution in [0.4, 0.5) is 11.8 Å². The molecular formula is C11H18BrN5O. The van der Waals surface area contributed by atoms with Gasteiger partial charge in [0.05, 0.1) is 10.6 Å². The maximum absolute atomic E-state index is 5.69. The molecule has 0 spiro atoms. The van der Waals surface area contributed by atoms with Gasteiger partial charge in [-0.3, -0.25) is 5.43 Å². The first-order valence-corrected chi connectivity index (χ1v) is 6.89. The molecule has 1 fully saturated rings. The summed E-state index contributed by atoms with van der Waals surface area (Å²) in [4.78, 5) is 10.6. The number of nitrogens with zero attached hydrogens (tertiary/aromatic N) is 3. The molecule has 3 N–H and O–H groups in total. The van der Waals surface area contributed by atoms with E-state index in [1.165, 1.54) is 0 Å². The van der Waals surface area contributed by atoms with E-state index in [1.54, 1.807) is 6.20 Å². The van der Waals surface area contributed by atoms with E-state index < -0.39 is 0 Å². The molecule has 0 bridgehead atoms. The van der Waals surface area contributed by atoms with Gasteiger partial charge in [-0.05, 0) is 35.7 Å². The van der Waals surface area contributed by atoms with E-state index in [1.807, 2.05) is 6.92 Å². The molecule has 0 saturated carbocycles. The van der Waals surface area contributed by atoms with E-state index >= 15 is 0 Å². The molecule has 100 valence electrons. The van der Waals surface area contributed by atoms with Crippen molar-refractivity contribution >= 4 is 27.7 Å². The van der Waals surface area contributed by atoms with Crippen LogP contribution in [0.1, 0.15) is 19.8 Å². The monoisotopic (exact) mass is 315 g/mol. The lowest BCUT2D eigenvalue weighted by molar-refractivity contribution is 0.0525. The third-order valence-electron chi connectivity index (χ3n) is 2.93. The second-order valence-corrected chi connectivity index (χ2v) is 5.03. The fourth-order valence-corrected chi connectivity index (χ4v) is 2.59. The molecule has 0 radical (unpaired) electrons. The van der Waals surface area contributed by atoms with Crippen molar-refractivity contribution < 1.29 is 4.74 Å². The Morgan fingerprint density at radius 2 is 2.50 bits per heavy atom. The molecule has 0 amide bonds. The summed E-state index contributed by atoms with van der Waals surface area (Å²) < 4.78 is 6.56. The number of rotatable bonds is 4. The molecule has 1 unspecified atom stereocenters. The van der Waals surface area contributed by atoms with Gasteiger partial charge in [-0.25, -0.2) is 10.8 Å². The summed E-state index contributed by atoms with van der Waals surface area (Å²) in [6, 6.07) is 0. The second-order valence-electron chi connectivity index (χ2n) is 4.18. The highest BCUT2D eigenvalue weighted by molar-refractivity contribution is 9.10. The van der Waals surface area contributed by atoms with Crippen LogP contribution in [0.15, 0.2) is 10.7 Å². The van der Waals surface area contributed by atoms with Gasteiger partial charge < -0.3 is 9.64 Å². The Kier molecular flexibility index (Phi) is 4.73. The molecule has 2 rings (SSSR count). The molecule has 2 heterocycles. The zero-order valence-corrected chi connectivity index (χ0v) is 12.0. The highest BCUT2D eigenvalue weighted by Gasteiger charge is 2.23. The third-order valence-corrected chi connectivity index (χ3v) is 3.49. The molecule has 1 aliphatic heterocycles. The van der Waals surface area contributed by atoms with Gasteiger partial charge in [0, 0.05) is 25.9 Å². The van der Waals surface area contributed by atoms with E-state index in [0.29, 0.717) is 5.95 Å². The van der Waals surface area contributed by atoms with Gasteiger partial charge in [-0.1, -0.05) is 0 Å². The van der Waals surface area contributed by atoms with E-state index in [9.17, 15) is 0 Å². The maximum Gasteiger partial charge on any atom is 0.239 e. The van der Waals surface area contributed by atoms with Gasteiger partial charge in [-0.15, -0.1) is 0 Å². The number of nitrogens with two attached hydrogens (primary N) is 1. The molecule has 7 heteroatoms. The van der Waals surface area contributed by atoms with Crippen molar-refractivity contribution in [3.8, 4) is 0 Å². The van der Waals surface area contributed by atoms with Crippen LogP contribution in [-0.4, -0.2) is 35.8 Å². The van der Waals surface area contributed by atoms with Crippen molar-refractivity contribution in [1.82, 2.24) is 9.97 Å². The predicted octanol–water partition coefficient (Wildman–Crippen LogP) is 1.53. The lowest BCUT2D eigenvalue weighted by Crippen LogP contribution is -2.40. The zero-order chi connectivity index (χ0) is 13.0. The van der Waals surface area contributed by atoms with Crippen molar-refractivity contribution in [1.29, 1.82) is 0 Å². The quantitative estimate of drug-likeness (QED) is 0.648. The number of hydrogen-bond donors (Lipinski definition) is 2. The standard InChI is InChI=1S/C11H18BrN5O/c1-2-18-8-4-3-5-17(7-8)10-9(12)6-14-11(15-10)16-13/h6,8H,2-5,7,13H2,1H3,(H,14,15,16). The van der Waals surface area contributed by atoms with Gasteiger partial charge >= 0.3 is 0 Å². The number of hydrazine groups is 1. The fourth-order valence-electron chi connectivity index (χ4n) is 2.15. The number of anilines is 2. The minimum atomic E-state index is 0.278. The lowest BCUT2D eigenvalue weighted by Gasteiger charge is -2.33. The Hall–Kier alpha value is -0.920. The van der Waals surface area contributed by atoms with Crippen LogP contribution >= 0.6 is 15.9 Å². The minimum Gasteiger partial charge on any atom is -0.377 e. The summed E-state index contributed by atoms with van der Waals surface area (Å²) in [6.45, 7) is 4.60. The van der Waals surface area contributed by atoms with E-state index in [2.05, 4.69) is 36.2 Å². The molecule has 1 atom stereocenters.